The van der Waals surface area contributed by atoms with Crippen molar-refractivity contribution in [2.45, 2.75) is 17.1 Å². The molecule has 9 heteroatoms. The van der Waals surface area contributed by atoms with Crippen molar-refractivity contribution >= 4 is 29.1 Å². The molecule has 5 aromatic rings. The van der Waals surface area contributed by atoms with Crippen LogP contribution in [0.1, 0.15) is 17.6 Å². The highest BCUT2D eigenvalue weighted by Gasteiger charge is 2.28. The second-order valence-corrected chi connectivity index (χ2v) is 9.41. The monoisotopic (exact) mass is 516 g/mol. The molecule has 0 amide bonds. The maximum absolute atomic E-state index is 14.0. The Balaban J connectivity index is 1.33. The minimum Gasteiger partial charge on any atom is -0.455 e. The normalized spacial score (nSPS) is 14.2. The zero-order valence-corrected chi connectivity index (χ0v) is 20.3. The predicted octanol–water partition coefficient (Wildman–Crippen LogP) is 7.39. The van der Waals surface area contributed by atoms with Gasteiger partial charge in [-0.15, -0.1) is 10.2 Å². The zero-order chi connectivity index (χ0) is 24.5. The summed E-state index contributed by atoms with van der Waals surface area (Å²) in [7, 11) is 0. The number of ether oxygens (including phenoxy) is 1. The minimum atomic E-state index is -0.665. The summed E-state index contributed by atoms with van der Waals surface area (Å²) in [5.74, 6) is 1.64. The lowest BCUT2D eigenvalue weighted by atomic mass is 10.1. The number of rotatable bonds is 5. The van der Waals surface area contributed by atoms with Gasteiger partial charge < -0.3 is 14.5 Å². The number of furan rings is 1. The topological polar surface area (TPSA) is 73.1 Å². The van der Waals surface area contributed by atoms with Gasteiger partial charge in [0.15, 0.2) is 11.5 Å². The third kappa shape index (κ3) is 4.53. The van der Waals surface area contributed by atoms with Gasteiger partial charge in [0.2, 0.25) is 17.3 Å². The number of benzene rings is 3. The van der Waals surface area contributed by atoms with Crippen LogP contribution in [0.2, 0.25) is 5.02 Å². The van der Waals surface area contributed by atoms with Crippen molar-refractivity contribution in [3.05, 3.63) is 107 Å². The van der Waals surface area contributed by atoms with E-state index in [9.17, 15) is 4.39 Å². The molecule has 36 heavy (non-hydrogen) atoms. The van der Waals surface area contributed by atoms with Gasteiger partial charge >= 0.3 is 0 Å². The summed E-state index contributed by atoms with van der Waals surface area (Å²) in [5.41, 5.74) is 3.56. The molecule has 0 bridgehead atoms. The van der Waals surface area contributed by atoms with Crippen LogP contribution >= 0.6 is 23.4 Å². The molecule has 0 aliphatic carbocycles. The average Bonchev–Trinajstić information content (AvgIpc) is 3.33. The fourth-order valence-electron chi connectivity index (χ4n) is 3.89. The van der Waals surface area contributed by atoms with E-state index >= 15 is 0 Å². The molecule has 0 radical (unpaired) electrons. The van der Waals surface area contributed by atoms with Crippen molar-refractivity contribution in [2.24, 2.45) is 0 Å². The van der Waals surface area contributed by atoms with E-state index in [1.165, 1.54) is 17.8 Å². The summed E-state index contributed by atoms with van der Waals surface area (Å²) in [6.07, 6.45) is -0.665. The molecule has 0 fully saturated rings. The summed E-state index contributed by atoms with van der Waals surface area (Å²) in [6.45, 7) is 0. The van der Waals surface area contributed by atoms with Crippen LogP contribution in [0.5, 0.6) is 5.88 Å². The minimum absolute atomic E-state index is 0.268. The van der Waals surface area contributed by atoms with Gasteiger partial charge in [0.05, 0.1) is 0 Å². The molecule has 1 aliphatic heterocycles. The van der Waals surface area contributed by atoms with Crippen molar-refractivity contribution in [3.8, 4) is 28.5 Å². The Labute approximate surface area is 215 Å². The lowest BCUT2D eigenvalue weighted by Gasteiger charge is -2.16. The Kier molecular flexibility index (Phi) is 6.04. The highest BCUT2D eigenvalue weighted by atomic mass is 35.5. The number of para-hydroxylation sites is 1. The Morgan fingerprint density at radius 2 is 1.81 bits per heavy atom. The van der Waals surface area contributed by atoms with E-state index < -0.39 is 6.23 Å². The molecule has 1 atom stereocenters. The fraction of sp³-hybridized carbons (Fsp3) is 0.0741. The van der Waals surface area contributed by atoms with Crippen molar-refractivity contribution in [1.82, 2.24) is 15.2 Å². The lowest BCUT2D eigenvalue weighted by molar-refractivity contribution is 0.196. The van der Waals surface area contributed by atoms with E-state index in [0.717, 1.165) is 16.8 Å². The third-order valence-electron chi connectivity index (χ3n) is 5.64. The summed E-state index contributed by atoms with van der Waals surface area (Å²) < 4.78 is 26.5. The molecular weight excluding hydrogens is 499 g/mol. The van der Waals surface area contributed by atoms with Gasteiger partial charge in [-0.2, -0.15) is 4.98 Å². The number of nitrogens with one attached hydrogen (secondary N) is 1. The lowest BCUT2D eigenvalue weighted by Crippen LogP contribution is -2.16. The zero-order valence-electron chi connectivity index (χ0n) is 18.7. The Morgan fingerprint density at radius 1 is 0.944 bits per heavy atom. The molecule has 0 saturated heterocycles. The maximum Gasteiger partial charge on any atom is 0.247 e. The van der Waals surface area contributed by atoms with Gasteiger partial charge in [0.1, 0.15) is 11.6 Å². The molecule has 2 aromatic heterocycles. The van der Waals surface area contributed by atoms with Crippen molar-refractivity contribution < 1.29 is 13.5 Å². The number of fused-ring (bicyclic) bond motifs is 3. The highest BCUT2D eigenvalue weighted by Crippen LogP contribution is 2.40. The quantitative estimate of drug-likeness (QED) is 0.244. The van der Waals surface area contributed by atoms with Crippen LogP contribution in [0.3, 0.4) is 0 Å². The highest BCUT2D eigenvalue weighted by molar-refractivity contribution is 7.98. The van der Waals surface area contributed by atoms with Gasteiger partial charge in [-0.1, -0.05) is 71.9 Å². The van der Waals surface area contributed by atoms with Gasteiger partial charge in [0.25, 0.3) is 0 Å². The predicted molar refractivity (Wildman–Crippen MR) is 137 cm³/mol. The second-order valence-electron chi connectivity index (χ2n) is 8.03. The van der Waals surface area contributed by atoms with Gasteiger partial charge in [-0.3, -0.25) is 0 Å². The van der Waals surface area contributed by atoms with Gasteiger partial charge in [-0.25, -0.2) is 4.39 Å². The first-order valence-electron chi connectivity index (χ1n) is 11.1. The standard InChI is InChI=1S/C27H18ClFN4O2S/c28-18-8-5-7-16(14-18)22-12-13-23(34-22)25-30-21-11-4-2-9-19(21)24-26(35-25)31-27(33-32-24)36-15-17-6-1-3-10-20(17)29/h1-14,25,30H,15H2/t25-/m1/s1. The van der Waals surface area contributed by atoms with Crippen LogP contribution < -0.4 is 10.1 Å². The van der Waals surface area contributed by atoms with Gasteiger partial charge in [-0.05, 0) is 42.0 Å². The van der Waals surface area contributed by atoms with Crippen LogP contribution in [0.25, 0.3) is 22.6 Å². The fourth-order valence-corrected chi connectivity index (χ4v) is 4.84. The van der Waals surface area contributed by atoms with Crippen LogP contribution in [0.4, 0.5) is 10.1 Å². The molecule has 3 aromatic carbocycles. The SMILES string of the molecule is Fc1ccccc1CSc1nnc2c(n1)O[C@H](c1ccc(-c3cccc(Cl)c3)o1)Nc1ccccc1-2. The number of aromatic nitrogens is 3. The van der Waals surface area contributed by atoms with E-state index in [2.05, 4.69) is 20.5 Å². The molecular formula is C27H18ClFN4O2S. The number of halogens is 2. The molecule has 1 N–H and O–H groups in total. The Hall–Kier alpha value is -3.88. The summed E-state index contributed by atoms with van der Waals surface area (Å²) in [6, 6.07) is 25.5. The summed E-state index contributed by atoms with van der Waals surface area (Å²) in [4.78, 5) is 4.61. The summed E-state index contributed by atoms with van der Waals surface area (Å²) in [5, 5.41) is 13.1. The molecule has 3 heterocycles. The molecule has 6 rings (SSSR count). The number of hydrogen-bond acceptors (Lipinski definition) is 7. The molecule has 0 spiro atoms. The number of hydrogen-bond donors (Lipinski definition) is 1. The van der Waals surface area contributed by atoms with E-state index in [1.54, 1.807) is 18.2 Å². The molecule has 0 saturated carbocycles. The van der Waals surface area contributed by atoms with Gasteiger partial charge in [0, 0.05) is 27.6 Å². The molecule has 6 nitrogen and oxygen atoms in total. The Bertz CT molecular complexity index is 1560. The first-order chi connectivity index (χ1) is 17.6. The number of nitrogens with zero attached hydrogens (tertiary/aromatic N) is 3. The second kappa shape index (κ2) is 9.64. The third-order valence-corrected chi connectivity index (χ3v) is 6.76. The smallest absolute Gasteiger partial charge is 0.247 e. The number of anilines is 1. The van der Waals surface area contributed by atoms with E-state index in [1.807, 2.05) is 60.7 Å². The van der Waals surface area contributed by atoms with E-state index in [-0.39, 0.29) is 5.82 Å². The first-order valence-corrected chi connectivity index (χ1v) is 12.5. The van der Waals surface area contributed by atoms with E-state index in [0.29, 0.717) is 44.6 Å². The number of thioether (sulfide) groups is 1. The van der Waals surface area contributed by atoms with Crippen LogP contribution in [-0.2, 0) is 5.75 Å². The Morgan fingerprint density at radius 3 is 2.69 bits per heavy atom. The van der Waals surface area contributed by atoms with E-state index in [4.69, 9.17) is 20.8 Å². The van der Waals surface area contributed by atoms with Crippen molar-refractivity contribution in [2.75, 3.05) is 5.32 Å². The molecule has 0 unspecified atom stereocenters. The average molecular weight is 517 g/mol. The summed E-state index contributed by atoms with van der Waals surface area (Å²) >= 11 is 7.44. The van der Waals surface area contributed by atoms with Crippen molar-refractivity contribution in [3.63, 3.8) is 0 Å². The van der Waals surface area contributed by atoms with Crippen LogP contribution in [0.15, 0.2) is 94.5 Å². The molecule has 178 valence electrons. The van der Waals surface area contributed by atoms with Crippen molar-refractivity contribution in [1.29, 1.82) is 0 Å². The molecule has 1 aliphatic rings. The largest absolute Gasteiger partial charge is 0.455 e. The maximum atomic E-state index is 14.0. The van der Waals surface area contributed by atoms with Crippen LogP contribution in [-0.4, -0.2) is 15.2 Å². The first kappa shape index (κ1) is 22.6. The van der Waals surface area contributed by atoms with Crippen LogP contribution in [0, 0.1) is 5.82 Å².